The molecule has 0 bridgehead atoms. The summed E-state index contributed by atoms with van der Waals surface area (Å²) in [6.07, 6.45) is -3.78. The highest BCUT2D eigenvalue weighted by Crippen LogP contribution is 2.41. The first kappa shape index (κ1) is 22.5. The number of hydrogen-bond donors (Lipinski definition) is 0. The fourth-order valence-corrected chi connectivity index (χ4v) is 3.64. The van der Waals surface area contributed by atoms with Gasteiger partial charge in [-0.2, -0.15) is 46.9 Å². The summed E-state index contributed by atoms with van der Waals surface area (Å²) < 4.78 is 86.2. The summed E-state index contributed by atoms with van der Waals surface area (Å²) in [4.78, 5) is 21.4. The van der Waals surface area contributed by atoms with Crippen molar-refractivity contribution in [2.75, 3.05) is 0 Å². The Morgan fingerprint density at radius 3 is 1.21 bits per heavy atom. The van der Waals surface area contributed by atoms with Crippen LogP contribution in [0.1, 0.15) is 11.1 Å². The van der Waals surface area contributed by atoms with Crippen molar-refractivity contribution in [1.82, 2.24) is 19.9 Å². The van der Waals surface area contributed by atoms with Crippen molar-refractivity contribution >= 4 is 0 Å². The molecule has 0 radical (unpaired) electrons. The number of nitrogens with zero attached hydrogens (tertiary/aromatic N) is 8. The van der Waals surface area contributed by atoms with Crippen LogP contribution in [0.4, 0.5) is 26.3 Å². The van der Waals surface area contributed by atoms with Crippen molar-refractivity contribution < 1.29 is 26.3 Å². The maximum absolute atomic E-state index is 14.4. The van der Waals surface area contributed by atoms with E-state index in [1.54, 1.807) is 0 Å². The van der Waals surface area contributed by atoms with E-state index in [-0.39, 0.29) is 0 Å². The van der Waals surface area contributed by atoms with Crippen molar-refractivity contribution in [1.29, 1.82) is 10.5 Å². The third-order valence-corrected chi connectivity index (χ3v) is 4.67. The fourth-order valence-electron chi connectivity index (χ4n) is 3.64. The summed E-state index contributed by atoms with van der Waals surface area (Å²) in [5, 5.41) is 14.2. The number of hydrogen-bond acceptors (Lipinski definition) is 8. The Balaban J connectivity index is 2.46. The van der Waals surface area contributed by atoms with Gasteiger partial charge in [0.1, 0.15) is 0 Å². The normalized spacial score (nSPS) is 13.3. The molecule has 0 N–H and O–H groups in total. The van der Waals surface area contributed by atoms with Gasteiger partial charge < -0.3 is 0 Å². The predicted octanol–water partition coefficient (Wildman–Crippen LogP) is 3.00. The highest BCUT2D eigenvalue weighted by Gasteiger charge is 2.45. The standard InChI is InChI=1S/C20H6F6N8/c21-19(22,23)13-9-10(15(33-7-27)11(13)17-29-3-1-4-30-17)14(20(24,25)26)12(16(9)34-8-28)18-31-5-2-6-32-18/h1-6H. The molecule has 2 aromatic rings. The number of rotatable bonds is 2. The minimum absolute atomic E-state index is 0.617. The summed E-state index contributed by atoms with van der Waals surface area (Å²) in [6, 6.07) is 2.56. The van der Waals surface area contributed by atoms with E-state index in [4.69, 9.17) is 10.5 Å². The summed E-state index contributed by atoms with van der Waals surface area (Å²) in [7, 11) is 0. The van der Waals surface area contributed by atoms with Crippen LogP contribution in [0.3, 0.4) is 0 Å². The van der Waals surface area contributed by atoms with Gasteiger partial charge in [0.15, 0.2) is 11.6 Å². The van der Waals surface area contributed by atoms with Gasteiger partial charge in [-0.25, -0.2) is 19.9 Å². The van der Waals surface area contributed by atoms with Crippen LogP contribution in [0.25, 0.3) is 22.8 Å². The second-order valence-electron chi connectivity index (χ2n) is 6.51. The Morgan fingerprint density at radius 2 is 0.941 bits per heavy atom. The van der Waals surface area contributed by atoms with Gasteiger partial charge in [-0.05, 0) is 12.1 Å². The van der Waals surface area contributed by atoms with E-state index in [1.807, 2.05) is 0 Å². The molecule has 0 saturated carbocycles. The zero-order valence-electron chi connectivity index (χ0n) is 16.3. The Bertz CT molecular complexity index is 1510. The lowest BCUT2D eigenvalue weighted by Gasteiger charge is -2.10. The lowest BCUT2D eigenvalue weighted by atomic mass is 10.1. The number of halogens is 6. The lowest BCUT2D eigenvalue weighted by Crippen LogP contribution is -2.19. The molecule has 2 aromatic heterocycles. The maximum Gasteiger partial charge on any atom is 0.417 e. The van der Waals surface area contributed by atoms with Crippen LogP contribution in [0.15, 0.2) is 46.9 Å². The van der Waals surface area contributed by atoms with Gasteiger partial charge in [0.05, 0.1) is 33.0 Å². The average molecular weight is 472 g/mol. The summed E-state index contributed by atoms with van der Waals surface area (Å²) >= 11 is 0. The quantitative estimate of drug-likeness (QED) is 0.326. The maximum atomic E-state index is 14.4. The van der Waals surface area contributed by atoms with E-state index >= 15 is 0 Å². The van der Waals surface area contributed by atoms with Gasteiger partial charge in [-0.1, -0.05) is 0 Å². The van der Waals surface area contributed by atoms with Gasteiger partial charge in [-0.3, -0.25) is 0 Å². The zero-order valence-corrected chi connectivity index (χ0v) is 16.3. The lowest BCUT2D eigenvalue weighted by molar-refractivity contribution is -0.139. The SMILES string of the molecule is N#CN=c1c(-c2ncccn2)c(C(F)(F)F)c2c(=NC#N)c(-c3ncccn3)c(C(F)(F)F)c1=2. The van der Waals surface area contributed by atoms with E-state index in [0.717, 1.165) is 24.8 Å². The minimum Gasteiger partial charge on any atom is -0.237 e. The minimum atomic E-state index is -5.28. The first-order valence-electron chi connectivity index (χ1n) is 8.99. The second kappa shape index (κ2) is 8.00. The van der Waals surface area contributed by atoms with Gasteiger partial charge in [0.2, 0.25) is 12.4 Å². The highest BCUT2D eigenvalue weighted by molar-refractivity contribution is 5.71. The van der Waals surface area contributed by atoms with E-state index in [9.17, 15) is 26.3 Å². The molecule has 0 fully saturated rings. The molecular weight excluding hydrogens is 466 g/mol. The topological polar surface area (TPSA) is 124 Å². The van der Waals surface area contributed by atoms with Crippen molar-refractivity contribution in [3.8, 4) is 35.2 Å². The predicted molar refractivity (Wildman–Crippen MR) is 98.5 cm³/mol. The van der Waals surface area contributed by atoms with Crippen molar-refractivity contribution in [3.63, 3.8) is 0 Å². The Labute approximate surface area is 184 Å². The van der Waals surface area contributed by atoms with Crippen LogP contribution in [0.2, 0.25) is 0 Å². The van der Waals surface area contributed by atoms with Gasteiger partial charge >= 0.3 is 12.4 Å². The third kappa shape index (κ3) is 3.51. The average Bonchev–Trinajstić information content (AvgIpc) is 3.28. The zero-order chi connectivity index (χ0) is 24.7. The Morgan fingerprint density at radius 1 is 0.618 bits per heavy atom. The van der Waals surface area contributed by atoms with Crippen LogP contribution < -0.4 is 10.7 Å². The molecule has 0 spiro atoms. The molecule has 0 atom stereocenters. The molecule has 168 valence electrons. The number of nitriles is 2. The van der Waals surface area contributed by atoms with E-state index in [0.29, 0.717) is 0 Å². The summed E-state index contributed by atoms with van der Waals surface area (Å²) in [5.41, 5.74) is -5.13. The molecule has 0 aliphatic heterocycles. The van der Waals surface area contributed by atoms with Crippen LogP contribution in [-0.4, -0.2) is 19.9 Å². The first-order chi connectivity index (χ1) is 16.1. The van der Waals surface area contributed by atoms with Crippen LogP contribution in [0, 0.1) is 33.3 Å². The molecule has 0 saturated heterocycles. The largest absolute Gasteiger partial charge is 0.417 e. The fraction of sp³-hybridized carbons (Fsp3) is 0.100. The molecule has 2 heterocycles. The molecule has 2 aliphatic carbocycles. The molecule has 0 aromatic carbocycles. The molecular formula is C20H6F6N8. The molecule has 0 amide bonds. The highest BCUT2D eigenvalue weighted by atomic mass is 19.4. The van der Waals surface area contributed by atoms with Crippen molar-refractivity contribution in [3.05, 3.63) is 69.2 Å². The van der Waals surface area contributed by atoms with E-state index in [1.165, 1.54) is 24.5 Å². The van der Waals surface area contributed by atoms with Crippen LogP contribution >= 0.6 is 0 Å². The summed E-state index contributed by atoms with van der Waals surface area (Å²) in [5.74, 6) is -1.23. The molecule has 0 unspecified atom stereocenters. The summed E-state index contributed by atoms with van der Waals surface area (Å²) in [6.45, 7) is 0. The molecule has 4 rings (SSSR count). The Kier molecular flexibility index (Phi) is 5.29. The first-order valence-corrected chi connectivity index (χ1v) is 8.99. The van der Waals surface area contributed by atoms with Crippen molar-refractivity contribution in [2.24, 2.45) is 9.98 Å². The molecule has 14 heteroatoms. The molecule has 2 aliphatic rings. The molecule has 8 nitrogen and oxygen atoms in total. The monoisotopic (exact) mass is 472 g/mol. The Hall–Kier alpha value is -4.72. The van der Waals surface area contributed by atoms with Gasteiger partial charge in [0.25, 0.3) is 0 Å². The number of aromatic nitrogens is 4. The van der Waals surface area contributed by atoms with Gasteiger partial charge in [0, 0.05) is 35.2 Å². The molecule has 34 heavy (non-hydrogen) atoms. The number of alkyl halides is 6. The second-order valence-corrected chi connectivity index (χ2v) is 6.51. The van der Waals surface area contributed by atoms with E-state index in [2.05, 4.69) is 29.9 Å². The van der Waals surface area contributed by atoms with Gasteiger partial charge in [-0.15, -0.1) is 0 Å². The van der Waals surface area contributed by atoms with Crippen LogP contribution in [-0.2, 0) is 12.4 Å². The third-order valence-electron chi connectivity index (χ3n) is 4.67. The smallest absolute Gasteiger partial charge is 0.237 e. The van der Waals surface area contributed by atoms with Crippen LogP contribution in [0.5, 0.6) is 0 Å². The van der Waals surface area contributed by atoms with E-state index < -0.39 is 67.4 Å². The van der Waals surface area contributed by atoms with Crippen molar-refractivity contribution in [2.45, 2.75) is 12.4 Å².